The maximum absolute atomic E-state index is 12.6. The highest BCUT2D eigenvalue weighted by molar-refractivity contribution is 5.38. The van der Waals surface area contributed by atoms with E-state index in [1.165, 1.54) is 12.1 Å². The Morgan fingerprint density at radius 3 is 2.12 bits per heavy atom. The van der Waals surface area contributed by atoms with E-state index in [1.54, 1.807) is 0 Å². The minimum atomic E-state index is -4.66. The zero-order chi connectivity index (χ0) is 12.6. The average Bonchev–Trinajstić information content (AvgIpc) is 2.61. The van der Waals surface area contributed by atoms with Gasteiger partial charge in [-0.05, 0) is 24.3 Å². The molecule has 0 fully saturated rings. The van der Waals surface area contributed by atoms with Crippen molar-refractivity contribution in [1.29, 1.82) is 0 Å². The summed E-state index contributed by atoms with van der Waals surface area (Å²) in [4.78, 5) is 0.706. The molecule has 1 aromatic heterocycles. The van der Waals surface area contributed by atoms with Crippen LogP contribution in [0.5, 0.6) is 0 Å². The topological polar surface area (TPSA) is 56.7 Å². The van der Waals surface area contributed by atoms with Crippen molar-refractivity contribution in [3.05, 3.63) is 35.8 Å². The van der Waals surface area contributed by atoms with Crippen molar-refractivity contribution in [3.8, 4) is 5.69 Å². The van der Waals surface area contributed by atoms with E-state index in [0.717, 1.165) is 12.1 Å². The van der Waals surface area contributed by atoms with Crippen molar-refractivity contribution in [2.24, 2.45) is 0 Å². The van der Waals surface area contributed by atoms with Gasteiger partial charge >= 0.3 is 6.18 Å². The second-order valence-electron chi connectivity index (χ2n) is 3.20. The van der Waals surface area contributed by atoms with Crippen LogP contribution in [0, 0.1) is 5.82 Å². The molecule has 1 aromatic carbocycles. The Morgan fingerprint density at radius 1 is 1.06 bits per heavy atom. The SMILES string of the molecule is Nc1nn(-c2ccc(F)cc2)nc1C(F)(F)F. The van der Waals surface area contributed by atoms with Gasteiger partial charge in [-0.2, -0.15) is 13.2 Å². The molecule has 0 bridgehead atoms. The molecule has 0 unspecified atom stereocenters. The number of nitrogens with two attached hydrogens (primary N) is 1. The number of rotatable bonds is 1. The number of alkyl halides is 3. The molecule has 17 heavy (non-hydrogen) atoms. The van der Waals surface area contributed by atoms with E-state index < -0.39 is 23.5 Å². The number of halogens is 4. The first kappa shape index (κ1) is 11.4. The Labute approximate surface area is 92.7 Å². The summed E-state index contributed by atoms with van der Waals surface area (Å²) in [6.07, 6.45) is -4.66. The van der Waals surface area contributed by atoms with E-state index in [9.17, 15) is 17.6 Å². The van der Waals surface area contributed by atoms with Crippen LogP contribution in [0.3, 0.4) is 0 Å². The highest BCUT2D eigenvalue weighted by atomic mass is 19.4. The zero-order valence-electron chi connectivity index (χ0n) is 8.24. The Morgan fingerprint density at radius 2 is 1.65 bits per heavy atom. The molecule has 4 nitrogen and oxygen atoms in total. The number of benzene rings is 1. The third kappa shape index (κ3) is 2.19. The van der Waals surface area contributed by atoms with Crippen LogP contribution < -0.4 is 5.73 Å². The summed E-state index contributed by atoms with van der Waals surface area (Å²) in [6, 6.07) is 4.66. The van der Waals surface area contributed by atoms with Crippen molar-refractivity contribution >= 4 is 5.82 Å². The van der Waals surface area contributed by atoms with Crippen LogP contribution in [0.25, 0.3) is 5.69 Å². The van der Waals surface area contributed by atoms with E-state index in [1.807, 2.05) is 0 Å². The highest BCUT2D eigenvalue weighted by Gasteiger charge is 2.37. The molecule has 2 N–H and O–H groups in total. The molecule has 0 aliphatic rings. The lowest BCUT2D eigenvalue weighted by Gasteiger charge is -2.01. The number of hydrogen-bond acceptors (Lipinski definition) is 3. The maximum atomic E-state index is 12.6. The van der Waals surface area contributed by atoms with Crippen molar-refractivity contribution in [2.45, 2.75) is 6.18 Å². The average molecular weight is 246 g/mol. The predicted molar refractivity (Wildman–Crippen MR) is 50.7 cm³/mol. The smallest absolute Gasteiger partial charge is 0.380 e. The molecule has 8 heteroatoms. The zero-order valence-corrected chi connectivity index (χ0v) is 8.24. The molecule has 2 aromatic rings. The number of aromatic nitrogens is 3. The molecule has 0 amide bonds. The van der Waals surface area contributed by atoms with Gasteiger partial charge in [-0.25, -0.2) is 4.39 Å². The largest absolute Gasteiger partial charge is 0.438 e. The van der Waals surface area contributed by atoms with Crippen LogP contribution in [0.15, 0.2) is 24.3 Å². The molecule has 0 atom stereocenters. The summed E-state index contributed by atoms with van der Waals surface area (Å²) in [7, 11) is 0. The summed E-state index contributed by atoms with van der Waals surface area (Å²) in [5.41, 5.74) is 4.03. The molecule has 90 valence electrons. The molecule has 1 heterocycles. The second-order valence-corrected chi connectivity index (χ2v) is 3.20. The van der Waals surface area contributed by atoms with E-state index >= 15 is 0 Å². The molecule has 0 saturated heterocycles. The van der Waals surface area contributed by atoms with Crippen LogP contribution in [-0.4, -0.2) is 15.0 Å². The maximum Gasteiger partial charge on any atom is 0.438 e. The van der Waals surface area contributed by atoms with Crippen molar-refractivity contribution in [3.63, 3.8) is 0 Å². The lowest BCUT2D eigenvalue weighted by Crippen LogP contribution is -2.09. The number of nitrogen functional groups attached to an aromatic ring is 1. The van der Waals surface area contributed by atoms with Gasteiger partial charge in [0.2, 0.25) is 5.69 Å². The number of anilines is 1. The van der Waals surface area contributed by atoms with Gasteiger partial charge in [0.15, 0.2) is 5.82 Å². The third-order valence-corrected chi connectivity index (χ3v) is 1.97. The minimum absolute atomic E-state index is 0.189. The lowest BCUT2D eigenvalue weighted by molar-refractivity contribution is -0.140. The van der Waals surface area contributed by atoms with E-state index in [2.05, 4.69) is 10.2 Å². The highest BCUT2D eigenvalue weighted by Crippen LogP contribution is 2.31. The molecule has 0 spiro atoms. The standard InChI is InChI=1S/C9H6F4N4/c10-5-1-3-6(4-2-5)17-15-7(8(14)16-17)9(11,12)13/h1-4H,(H2,14,16). The van der Waals surface area contributed by atoms with Gasteiger partial charge in [0.1, 0.15) is 5.82 Å². The normalized spacial score (nSPS) is 11.8. The molecular formula is C9H6F4N4. The third-order valence-electron chi connectivity index (χ3n) is 1.97. The predicted octanol–water partition coefficient (Wildman–Crippen LogP) is 2.01. The Kier molecular flexibility index (Phi) is 2.49. The molecule has 0 aliphatic carbocycles. The summed E-state index contributed by atoms with van der Waals surface area (Å²) >= 11 is 0. The first-order valence-electron chi connectivity index (χ1n) is 4.44. The van der Waals surface area contributed by atoms with Crippen molar-refractivity contribution in [1.82, 2.24) is 15.0 Å². The summed E-state index contributed by atoms with van der Waals surface area (Å²) in [6.45, 7) is 0. The van der Waals surface area contributed by atoms with Gasteiger partial charge in [0.25, 0.3) is 0 Å². The van der Waals surface area contributed by atoms with Crippen LogP contribution in [-0.2, 0) is 6.18 Å². The molecule has 0 saturated carbocycles. The van der Waals surface area contributed by atoms with Crippen LogP contribution in [0.1, 0.15) is 5.69 Å². The van der Waals surface area contributed by atoms with E-state index in [0.29, 0.717) is 4.80 Å². The quantitative estimate of drug-likeness (QED) is 0.783. The van der Waals surface area contributed by atoms with Crippen LogP contribution in [0.4, 0.5) is 23.4 Å². The summed E-state index contributed by atoms with van der Waals surface area (Å²) in [5, 5.41) is 6.63. The van der Waals surface area contributed by atoms with Gasteiger partial charge in [-0.15, -0.1) is 15.0 Å². The minimum Gasteiger partial charge on any atom is -0.380 e. The van der Waals surface area contributed by atoms with Crippen molar-refractivity contribution < 1.29 is 17.6 Å². The van der Waals surface area contributed by atoms with E-state index in [-0.39, 0.29) is 5.69 Å². The van der Waals surface area contributed by atoms with Crippen LogP contribution in [0.2, 0.25) is 0 Å². The Hall–Kier alpha value is -2.12. The Bertz CT molecular complexity index is 529. The molecule has 2 rings (SSSR count). The summed E-state index contributed by atoms with van der Waals surface area (Å²) in [5.74, 6) is -1.23. The number of nitrogens with zero attached hydrogens (tertiary/aromatic N) is 3. The van der Waals surface area contributed by atoms with Gasteiger partial charge in [0.05, 0.1) is 5.69 Å². The molecular weight excluding hydrogens is 240 g/mol. The monoisotopic (exact) mass is 246 g/mol. The summed E-state index contributed by atoms with van der Waals surface area (Å²) < 4.78 is 49.8. The molecule has 0 radical (unpaired) electrons. The fourth-order valence-electron chi connectivity index (χ4n) is 1.21. The Balaban J connectivity index is 2.45. The lowest BCUT2D eigenvalue weighted by atomic mass is 10.3. The van der Waals surface area contributed by atoms with Crippen LogP contribution >= 0.6 is 0 Å². The first-order chi connectivity index (χ1) is 7.88. The fraction of sp³-hybridized carbons (Fsp3) is 0.111. The van der Waals surface area contributed by atoms with Gasteiger partial charge in [0, 0.05) is 0 Å². The second kappa shape index (κ2) is 3.72. The first-order valence-corrected chi connectivity index (χ1v) is 4.44. The van der Waals surface area contributed by atoms with Crippen molar-refractivity contribution in [2.75, 3.05) is 5.73 Å². The molecule has 0 aliphatic heterocycles. The van der Waals surface area contributed by atoms with Gasteiger partial charge in [-0.1, -0.05) is 0 Å². The van der Waals surface area contributed by atoms with E-state index in [4.69, 9.17) is 5.73 Å². The fourth-order valence-corrected chi connectivity index (χ4v) is 1.21. The number of hydrogen-bond donors (Lipinski definition) is 1. The van der Waals surface area contributed by atoms with Gasteiger partial charge in [-0.3, -0.25) is 0 Å². The van der Waals surface area contributed by atoms with Gasteiger partial charge < -0.3 is 5.73 Å².